The zero-order valence-electron chi connectivity index (χ0n) is 46.5. The van der Waals surface area contributed by atoms with Crippen LogP contribution in [0.3, 0.4) is 0 Å². The Hall–Kier alpha value is -1.97. The maximum atomic E-state index is 12.8. The molecular weight excluding hydrogens is 863 g/mol. The van der Waals surface area contributed by atoms with Gasteiger partial charge in [-0.2, -0.15) is 0 Å². The van der Waals surface area contributed by atoms with E-state index in [4.69, 9.17) is 18.9 Å². The van der Waals surface area contributed by atoms with Crippen molar-refractivity contribution in [3.8, 4) is 0 Å². The third-order valence-corrected chi connectivity index (χ3v) is 13.5. The third kappa shape index (κ3) is 53.7. The van der Waals surface area contributed by atoms with E-state index in [0.29, 0.717) is 23.9 Å². The Labute approximate surface area is 427 Å². The summed E-state index contributed by atoms with van der Waals surface area (Å²) < 4.78 is 22.8. The number of hydrogen-bond donors (Lipinski definition) is 1. The quantitative estimate of drug-likeness (QED) is 0.0211. The number of carbonyl (C=O) groups is 3. The van der Waals surface area contributed by atoms with E-state index in [1.807, 2.05) is 21.1 Å². The highest BCUT2D eigenvalue weighted by atomic mass is 16.7. The van der Waals surface area contributed by atoms with Gasteiger partial charge in [-0.25, -0.2) is 4.79 Å². The Morgan fingerprint density at radius 2 is 0.739 bits per heavy atom. The molecule has 0 rings (SSSR count). The predicted molar refractivity (Wildman–Crippen MR) is 291 cm³/mol. The van der Waals surface area contributed by atoms with E-state index in [-0.39, 0.29) is 32.2 Å². The summed E-state index contributed by atoms with van der Waals surface area (Å²) in [5.41, 5.74) is 0. The number of unbranched alkanes of at least 4 members (excludes halogenated alkanes) is 39. The standard InChI is InChI=1S/C60H115NO8/c1-6-8-10-12-14-16-18-20-21-22-23-24-25-26-27-28-29-30-31-32-33-34-35-36-37-39-40-42-44-46-48-50-57(62)67-54-56(55-68-60(59(64)65)66-53-52-61(3,4)5)69-58(63)51-49-47-45-43-41-38-19-17-15-13-11-9-7-2/h17,19,56,60H,6-16,18,20-55H2,1-5H3/p+1/b19-17-. The number of carbonyl (C=O) groups excluding carboxylic acids is 2. The van der Waals surface area contributed by atoms with Gasteiger partial charge in [-0.05, 0) is 38.5 Å². The largest absolute Gasteiger partial charge is 0.477 e. The van der Waals surface area contributed by atoms with Crippen LogP contribution in [0.2, 0.25) is 0 Å². The van der Waals surface area contributed by atoms with Gasteiger partial charge in [0.2, 0.25) is 0 Å². The lowest BCUT2D eigenvalue weighted by Gasteiger charge is -2.25. The van der Waals surface area contributed by atoms with Gasteiger partial charge >= 0.3 is 17.9 Å². The molecule has 0 heterocycles. The highest BCUT2D eigenvalue weighted by Gasteiger charge is 2.25. The van der Waals surface area contributed by atoms with Crippen molar-refractivity contribution < 1.29 is 42.9 Å². The number of aliphatic carboxylic acids is 1. The van der Waals surface area contributed by atoms with E-state index >= 15 is 0 Å². The van der Waals surface area contributed by atoms with Gasteiger partial charge < -0.3 is 28.5 Å². The molecule has 2 atom stereocenters. The van der Waals surface area contributed by atoms with Gasteiger partial charge in [0, 0.05) is 12.8 Å². The molecule has 0 radical (unpaired) electrons. The maximum Gasteiger partial charge on any atom is 0.361 e. The zero-order chi connectivity index (χ0) is 50.6. The molecule has 0 aromatic heterocycles. The number of nitrogens with zero attached hydrogens (tertiary/aromatic N) is 1. The molecule has 408 valence electrons. The highest BCUT2D eigenvalue weighted by Crippen LogP contribution is 2.18. The lowest BCUT2D eigenvalue weighted by atomic mass is 10.0. The smallest absolute Gasteiger partial charge is 0.361 e. The van der Waals surface area contributed by atoms with Crippen LogP contribution in [0.4, 0.5) is 0 Å². The molecule has 0 saturated heterocycles. The molecule has 0 saturated carbocycles. The average molecular weight is 980 g/mol. The predicted octanol–water partition coefficient (Wildman–Crippen LogP) is 17.4. The van der Waals surface area contributed by atoms with Crippen LogP contribution in [-0.2, 0) is 33.3 Å². The fourth-order valence-electron chi connectivity index (χ4n) is 8.89. The topological polar surface area (TPSA) is 108 Å². The molecule has 0 aromatic carbocycles. The summed E-state index contributed by atoms with van der Waals surface area (Å²) in [6, 6.07) is 0. The molecule has 0 aliphatic carbocycles. The number of hydrogen-bond acceptors (Lipinski definition) is 7. The first kappa shape index (κ1) is 67.0. The minimum atomic E-state index is -1.51. The van der Waals surface area contributed by atoms with E-state index in [1.165, 1.54) is 212 Å². The van der Waals surface area contributed by atoms with Crippen molar-refractivity contribution in [3.63, 3.8) is 0 Å². The normalized spacial score (nSPS) is 12.8. The lowest BCUT2D eigenvalue weighted by Crippen LogP contribution is -2.40. The number of likely N-dealkylation sites (N-methyl/N-ethyl adjacent to an activating group) is 1. The van der Waals surface area contributed by atoms with Crippen molar-refractivity contribution in [3.05, 3.63) is 12.2 Å². The molecule has 0 aliphatic rings. The van der Waals surface area contributed by atoms with E-state index in [9.17, 15) is 19.5 Å². The third-order valence-electron chi connectivity index (χ3n) is 13.5. The summed E-state index contributed by atoms with van der Waals surface area (Å²) in [4.78, 5) is 37.3. The summed E-state index contributed by atoms with van der Waals surface area (Å²) in [5.74, 6) is -2.00. The Balaban J connectivity index is 4.01. The van der Waals surface area contributed by atoms with Crippen LogP contribution in [0.1, 0.15) is 296 Å². The van der Waals surface area contributed by atoms with Gasteiger partial charge in [0.25, 0.3) is 6.29 Å². The Morgan fingerprint density at radius 3 is 1.09 bits per heavy atom. The fourth-order valence-corrected chi connectivity index (χ4v) is 8.89. The highest BCUT2D eigenvalue weighted by molar-refractivity contribution is 5.71. The Bertz CT molecular complexity index is 1140. The fraction of sp³-hybridized carbons (Fsp3) is 0.917. The summed E-state index contributed by atoms with van der Waals surface area (Å²) in [6.45, 7) is 4.90. The van der Waals surface area contributed by atoms with Gasteiger partial charge in [0.15, 0.2) is 6.10 Å². The molecule has 0 amide bonds. The molecule has 1 N–H and O–H groups in total. The summed E-state index contributed by atoms with van der Waals surface area (Å²) in [5, 5.41) is 9.68. The van der Waals surface area contributed by atoms with Gasteiger partial charge in [0.1, 0.15) is 13.2 Å². The second kappa shape index (κ2) is 52.4. The monoisotopic (exact) mass is 979 g/mol. The number of allylic oxidation sites excluding steroid dienone is 2. The van der Waals surface area contributed by atoms with Crippen molar-refractivity contribution >= 4 is 17.9 Å². The Kier molecular flexibility index (Phi) is 50.9. The van der Waals surface area contributed by atoms with Crippen LogP contribution in [0, 0.1) is 0 Å². The van der Waals surface area contributed by atoms with Crippen molar-refractivity contribution in [1.29, 1.82) is 0 Å². The Morgan fingerprint density at radius 1 is 0.420 bits per heavy atom. The van der Waals surface area contributed by atoms with E-state index in [1.54, 1.807) is 0 Å². The van der Waals surface area contributed by atoms with E-state index < -0.39 is 24.3 Å². The minimum absolute atomic E-state index is 0.179. The number of rotatable bonds is 56. The number of ether oxygens (including phenoxy) is 4. The van der Waals surface area contributed by atoms with Crippen LogP contribution in [-0.4, -0.2) is 87.4 Å². The van der Waals surface area contributed by atoms with Gasteiger partial charge in [-0.3, -0.25) is 9.59 Å². The molecule has 0 spiro atoms. The number of carboxylic acids is 1. The molecule has 69 heavy (non-hydrogen) atoms. The first-order valence-electron chi connectivity index (χ1n) is 29.9. The number of carboxylic acid groups (broad SMARTS) is 1. The SMILES string of the molecule is CCCCCC/C=C\CCCCCCCC(=O)OC(COC(=O)CCCCCCCCCCCCCCCCCCCCCCCCCCCCCCCCC)COC(OCC[N+](C)(C)C)C(=O)O. The van der Waals surface area contributed by atoms with Gasteiger partial charge in [-0.1, -0.05) is 257 Å². The summed E-state index contributed by atoms with van der Waals surface area (Å²) in [6.07, 6.45) is 57.5. The lowest BCUT2D eigenvalue weighted by molar-refractivity contribution is -0.870. The maximum absolute atomic E-state index is 12.8. The van der Waals surface area contributed by atoms with Crippen LogP contribution in [0.5, 0.6) is 0 Å². The summed E-state index contributed by atoms with van der Waals surface area (Å²) >= 11 is 0. The summed E-state index contributed by atoms with van der Waals surface area (Å²) in [7, 11) is 5.97. The zero-order valence-corrected chi connectivity index (χ0v) is 46.5. The molecule has 9 nitrogen and oxygen atoms in total. The van der Waals surface area contributed by atoms with Crippen molar-refractivity contribution in [2.45, 2.75) is 309 Å². The molecule has 9 heteroatoms. The van der Waals surface area contributed by atoms with Crippen LogP contribution in [0.25, 0.3) is 0 Å². The molecule has 0 fully saturated rings. The molecule has 0 aromatic rings. The average Bonchev–Trinajstić information content (AvgIpc) is 3.31. The molecule has 0 aliphatic heterocycles. The molecule has 2 unspecified atom stereocenters. The van der Waals surface area contributed by atoms with Gasteiger partial charge in [-0.15, -0.1) is 0 Å². The van der Waals surface area contributed by atoms with Crippen molar-refractivity contribution in [2.24, 2.45) is 0 Å². The van der Waals surface area contributed by atoms with Crippen molar-refractivity contribution in [1.82, 2.24) is 0 Å². The van der Waals surface area contributed by atoms with Crippen molar-refractivity contribution in [2.75, 3.05) is 47.5 Å². The molecular formula is C60H116NO8+. The second-order valence-corrected chi connectivity index (χ2v) is 21.7. The first-order valence-corrected chi connectivity index (χ1v) is 29.9. The van der Waals surface area contributed by atoms with Crippen LogP contribution < -0.4 is 0 Å². The van der Waals surface area contributed by atoms with Gasteiger partial charge in [0.05, 0.1) is 34.4 Å². The molecule has 0 bridgehead atoms. The first-order chi connectivity index (χ1) is 33.6. The second-order valence-electron chi connectivity index (χ2n) is 21.7. The van der Waals surface area contributed by atoms with E-state index in [0.717, 1.165) is 51.4 Å². The van der Waals surface area contributed by atoms with Crippen LogP contribution in [0.15, 0.2) is 12.2 Å². The van der Waals surface area contributed by atoms with Crippen LogP contribution >= 0.6 is 0 Å². The number of esters is 2. The minimum Gasteiger partial charge on any atom is -0.477 e. The van der Waals surface area contributed by atoms with E-state index in [2.05, 4.69) is 26.0 Å². The number of quaternary nitrogens is 1.